The molecule has 0 unspecified atom stereocenters. The highest BCUT2D eigenvalue weighted by atomic mass is 19.4. The second kappa shape index (κ2) is 12.9. The van der Waals surface area contributed by atoms with Crippen LogP contribution in [0.3, 0.4) is 0 Å². The highest BCUT2D eigenvalue weighted by Gasteiger charge is 2.33. The molecular formula is C32H36F3N7O3. The Hall–Kier alpha value is -4.36. The number of alkyl halides is 3. The number of methoxy groups -OCH3 is 1. The van der Waals surface area contributed by atoms with Gasteiger partial charge < -0.3 is 20.3 Å². The van der Waals surface area contributed by atoms with Crippen molar-refractivity contribution in [2.24, 2.45) is 0 Å². The van der Waals surface area contributed by atoms with E-state index in [4.69, 9.17) is 9.57 Å². The molecule has 3 heterocycles. The van der Waals surface area contributed by atoms with E-state index in [0.29, 0.717) is 54.3 Å². The summed E-state index contributed by atoms with van der Waals surface area (Å²) in [6.07, 6.45) is 1.98. The smallest absolute Gasteiger partial charge is 0.416 e. The Bertz CT molecular complexity index is 1520. The van der Waals surface area contributed by atoms with Crippen molar-refractivity contribution in [2.75, 3.05) is 60.5 Å². The fraction of sp³-hybridized carbons (Fsp3) is 0.406. The van der Waals surface area contributed by atoms with Crippen LogP contribution in [0.15, 0.2) is 61.4 Å². The zero-order valence-electron chi connectivity index (χ0n) is 25.0. The Morgan fingerprint density at radius 1 is 1.07 bits per heavy atom. The maximum atomic E-state index is 13.0. The van der Waals surface area contributed by atoms with Gasteiger partial charge in [-0.3, -0.25) is 14.5 Å². The van der Waals surface area contributed by atoms with Gasteiger partial charge in [-0.15, -0.1) is 0 Å². The lowest BCUT2D eigenvalue weighted by molar-refractivity contribution is -0.137. The summed E-state index contributed by atoms with van der Waals surface area (Å²) in [5, 5.41) is 7.92. The summed E-state index contributed by atoms with van der Waals surface area (Å²) < 4.78 is 44.8. The van der Waals surface area contributed by atoms with E-state index in [-0.39, 0.29) is 11.9 Å². The van der Waals surface area contributed by atoms with Gasteiger partial charge in [0.2, 0.25) is 5.91 Å². The maximum absolute atomic E-state index is 13.0. The summed E-state index contributed by atoms with van der Waals surface area (Å²) in [7, 11) is 1.59. The second-order valence-corrected chi connectivity index (χ2v) is 11.4. The van der Waals surface area contributed by atoms with Gasteiger partial charge in [0.1, 0.15) is 17.9 Å². The number of piperazine rings is 1. The van der Waals surface area contributed by atoms with Gasteiger partial charge in [0.25, 0.3) is 0 Å². The molecule has 1 amide bonds. The van der Waals surface area contributed by atoms with Crippen molar-refractivity contribution in [2.45, 2.75) is 43.9 Å². The highest BCUT2D eigenvalue weighted by molar-refractivity contribution is 6.02. The van der Waals surface area contributed by atoms with Crippen LogP contribution in [0.25, 0.3) is 0 Å². The quantitative estimate of drug-likeness (QED) is 0.288. The Kier molecular flexibility index (Phi) is 8.81. The molecule has 3 fully saturated rings. The number of hydrogen-bond acceptors (Lipinski definition) is 9. The number of nitrogens with one attached hydrogen (secondary N) is 2. The summed E-state index contributed by atoms with van der Waals surface area (Å²) in [5.41, 5.74) is 2.17. The number of aromatic nitrogens is 2. The van der Waals surface area contributed by atoms with Gasteiger partial charge in [0.15, 0.2) is 5.82 Å². The molecule has 3 aromatic rings. The first-order valence-electron chi connectivity index (χ1n) is 15.0. The minimum atomic E-state index is -4.38. The molecule has 3 aliphatic rings. The van der Waals surface area contributed by atoms with Crippen molar-refractivity contribution in [1.82, 2.24) is 14.9 Å². The molecule has 10 nitrogen and oxygen atoms in total. The number of carbonyl (C=O) groups excluding carboxylic acids is 1. The third-order valence-electron chi connectivity index (χ3n) is 8.39. The monoisotopic (exact) mass is 623 g/mol. The number of halogens is 3. The Morgan fingerprint density at radius 3 is 2.49 bits per heavy atom. The molecule has 238 valence electrons. The number of rotatable bonds is 10. The molecule has 1 atom stereocenters. The average Bonchev–Trinajstić information content (AvgIpc) is 3.79. The number of hydroxylamine groups is 1. The Balaban J connectivity index is 1.21. The molecule has 2 aromatic carbocycles. The van der Waals surface area contributed by atoms with Crippen LogP contribution < -0.4 is 25.3 Å². The number of amides is 1. The van der Waals surface area contributed by atoms with Gasteiger partial charge >= 0.3 is 6.18 Å². The van der Waals surface area contributed by atoms with E-state index >= 15 is 0 Å². The van der Waals surface area contributed by atoms with Gasteiger partial charge in [-0.05, 0) is 55.5 Å². The molecule has 6 rings (SSSR count). The van der Waals surface area contributed by atoms with Gasteiger partial charge in [-0.1, -0.05) is 18.7 Å². The minimum Gasteiger partial charge on any atom is -0.494 e. The van der Waals surface area contributed by atoms with Gasteiger partial charge in [0, 0.05) is 44.4 Å². The number of ether oxygens (including phenoxy) is 1. The van der Waals surface area contributed by atoms with Crippen LogP contribution in [0, 0.1) is 0 Å². The van der Waals surface area contributed by atoms with Gasteiger partial charge in [-0.25, -0.2) is 15.0 Å². The number of benzene rings is 2. The zero-order chi connectivity index (χ0) is 31.6. The lowest BCUT2D eigenvalue weighted by atomic mass is 10.0. The topological polar surface area (TPSA) is 95.1 Å². The molecule has 0 radical (unpaired) electrons. The first-order valence-corrected chi connectivity index (χ1v) is 15.0. The molecule has 1 aromatic heterocycles. The number of hydrogen-bond donors (Lipinski definition) is 2. The summed E-state index contributed by atoms with van der Waals surface area (Å²) in [6, 6.07) is 11.2. The van der Waals surface area contributed by atoms with E-state index in [1.165, 1.54) is 37.4 Å². The first-order chi connectivity index (χ1) is 21.7. The Labute approximate surface area is 259 Å². The summed E-state index contributed by atoms with van der Waals surface area (Å²) in [4.78, 5) is 31.9. The van der Waals surface area contributed by atoms with Crippen molar-refractivity contribution in [3.05, 3.63) is 72.6 Å². The van der Waals surface area contributed by atoms with Crippen LogP contribution in [0.2, 0.25) is 0 Å². The lowest BCUT2D eigenvalue weighted by Gasteiger charge is -2.37. The number of carbonyl (C=O) groups is 1. The third-order valence-corrected chi connectivity index (χ3v) is 8.39. The first kappa shape index (κ1) is 30.7. The van der Waals surface area contributed by atoms with Crippen molar-refractivity contribution < 1.29 is 27.5 Å². The maximum Gasteiger partial charge on any atom is 0.416 e. The standard InChI is InChI=1S/C32H36F3N7O3/c1-3-31(43)39-25-17-26(28(44-2)18-27(25)41-13-11-40(12-14-41)23-8-9-23)38-29-19-30(37-20-36-29)42-24(10-15-45-42)16-21-4-6-22(7-5-21)32(33,34)35/h3-7,17-20,23-24H,1,8-16H2,2H3,(H,39,43)(H,36,37,38)/t24-/m1/s1. The Morgan fingerprint density at radius 2 is 1.82 bits per heavy atom. The fourth-order valence-electron chi connectivity index (χ4n) is 5.87. The van der Waals surface area contributed by atoms with E-state index in [9.17, 15) is 18.0 Å². The molecule has 1 saturated carbocycles. The fourth-order valence-corrected chi connectivity index (χ4v) is 5.87. The van der Waals surface area contributed by atoms with E-state index in [1.54, 1.807) is 18.2 Å². The summed E-state index contributed by atoms with van der Waals surface area (Å²) >= 11 is 0. The predicted octanol–water partition coefficient (Wildman–Crippen LogP) is 5.41. The normalized spacial score (nSPS) is 19.0. The second-order valence-electron chi connectivity index (χ2n) is 11.4. The zero-order valence-corrected chi connectivity index (χ0v) is 25.0. The molecule has 13 heteroatoms. The molecular weight excluding hydrogens is 587 g/mol. The van der Waals surface area contributed by atoms with Crippen LogP contribution in [0.1, 0.15) is 30.4 Å². The molecule has 0 bridgehead atoms. The van der Waals surface area contributed by atoms with Crippen LogP contribution >= 0.6 is 0 Å². The van der Waals surface area contributed by atoms with Crippen LogP contribution in [0.4, 0.5) is 41.9 Å². The van der Waals surface area contributed by atoms with Crippen molar-refractivity contribution in [3.63, 3.8) is 0 Å². The molecule has 2 saturated heterocycles. The van der Waals surface area contributed by atoms with Crippen molar-refractivity contribution in [1.29, 1.82) is 0 Å². The highest BCUT2D eigenvalue weighted by Crippen LogP contribution is 2.40. The van der Waals surface area contributed by atoms with Gasteiger partial charge in [0.05, 0.1) is 42.4 Å². The van der Waals surface area contributed by atoms with Crippen LogP contribution in [0.5, 0.6) is 5.75 Å². The largest absolute Gasteiger partial charge is 0.494 e. The molecule has 1 aliphatic carbocycles. The third kappa shape index (κ3) is 7.15. The molecule has 2 N–H and O–H groups in total. The minimum absolute atomic E-state index is 0.126. The van der Waals surface area contributed by atoms with Crippen molar-refractivity contribution in [3.8, 4) is 5.75 Å². The van der Waals surface area contributed by atoms with E-state index in [2.05, 4.69) is 37.0 Å². The average molecular weight is 624 g/mol. The molecule has 0 spiro atoms. The molecule has 45 heavy (non-hydrogen) atoms. The van der Waals surface area contributed by atoms with Crippen LogP contribution in [-0.2, 0) is 22.2 Å². The molecule has 2 aliphatic heterocycles. The van der Waals surface area contributed by atoms with Crippen LogP contribution in [-0.4, -0.2) is 72.8 Å². The van der Waals surface area contributed by atoms with E-state index < -0.39 is 11.7 Å². The SMILES string of the molecule is C=CC(=O)Nc1cc(Nc2cc(N3OCC[C@@H]3Cc3ccc(C(F)(F)F)cc3)ncn2)c(OC)cc1N1CCN(C2CC2)CC1. The number of nitrogens with zero attached hydrogens (tertiary/aromatic N) is 5. The van der Waals surface area contributed by atoms with E-state index in [0.717, 1.165) is 49.6 Å². The van der Waals surface area contributed by atoms with Gasteiger partial charge in [-0.2, -0.15) is 13.2 Å². The van der Waals surface area contributed by atoms with E-state index in [1.807, 2.05) is 12.1 Å². The number of anilines is 5. The summed E-state index contributed by atoms with van der Waals surface area (Å²) in [6.45, 7) is 7.65. The lowest BCUT2D eigenvalue weighted by Crippen LogP contribution is -2.47. The predicted molar refractivity (Wildman–Crippen MR) is 166 cm³/mol. The summed E-state index contributed by atoms with van der Waals surface area (Å²) in [5.74, 6) is 1.22. The van der Waals surface area contributed by atoms with Crippen molar-refractivity contribution >= 4 is 34.6 Å².